The van der Waals surface area contributed by atoms with Gasteiger partial charge in [0, 0.05) is 45.4 Å². The van der Waals surface area contributed by atoms with Crippen LogP contribution in [0.15, 0.2) is 18.7 Å². The number of hydrogen-bond acceptors (Lipinski definition) is 4. The number of nitrogens with zero attached hydrogens (tertiary/aromatic N) is 3. The Morgan fingerprint density at radius 3 is 3.00 bits per heavy atom. The Balaban J connectivity index is 1.67. The van der Waals surface area contributed by atoms with Crippen molar-refractivity contribution in [2.24, 2.45) is 0 Å². The summed E-state index contributed by atoms with van der Waals surface area (Å²) in [6.45, 7) is 3.49. The molecule has 1 aliphatic heterocycles. The van der Waals surface area contributed by atoms with Gasteiger partial charge in [-0.2, -0.15) is 0 Å². The van der Waals surface area contributed by atoms with Crippen LogP contribution in [-0.2, 0) is 16.1 Å². The second kappa shape index (κ2) is 7.66. The maximum Gasteiger partial charge on any atom is 0.409 e. The van der Waals surface area contributed by atoms with Gasteiger partial charge in [0.2, 0.25) is 5.91 Å². The van der Waals surface area contributed by atoms with E-state index in [1.165, 1.54) is 6.92 Å². The smallest absolute Gasteiger partial charge is 0.409 e. The van der Waals surface area contributed by atoms with Gasteiger partial charge in [0.05, 0.1) is 6.33 Å². The zero-order valence-electron chi connectivity index (χ0n) is 12.3. The summed E-state index contributed by atoms with van der Waals surface area (Å²) in [4.78, 5) is 28.8. The number of alkyl carbamates (subject to hydrolysis) is 1. The van der Waals surface area contributed by atoms with Crippen LogP contribution in [0.25, 0.3) is 0 Å². The number of ether oxygens (including phenoxy) is 1. The molecule has 1 N–H and O–H groups in total. The summed E-state index contributed by atoms with van der Waals surface area (Å²) >= 11 is 0. The molecule has 7 heteroatoms. The summed E-state index contributed by atoms with van der Waals surface area (Å²) in [6, 6.07) is 0. The van der Waals surface area contributed by atoms with Crippen molar-refractivity contribution in [3.8, 4) is 0 Å². The van der Waals surface area contributed by atoms with Crippen LogP contribution in [-0.4, -0.2) is 45.8 Å². The molecule has 2 rings (SSSR count). The molecule has 1 fully saturated rings. The van der Waals surface area contributed by atoms with Gasteiger partial charge in [0.1, 0.15) is 0 Å². The molecule has 1 aromatic rings. The quantitative estimate of drug-likeness (QED) is 0.832. The molecular formula is C14H22N4O3. The van der Waals surface area contributed by atoms with E-state index in [0.29, 0.717) is 19.5 Å². The van der Waals surface area contributed by atoms with E-state index < -0.39 is 12.3 Å². The lowest BCUT2D eigenvalue weighted by atomic mass is 10.1. The Morgan fingerprint density at radius 1 is 1.43 bits per heavy atom. The number of rotatable bonds is 5. The highest BCUT2D eigenvalue weighted by Crippen LogP contribution is 2.18. The van der Waals surface area contributed by atoms with E-state index in [9.17, 15) is 9.59 Å². The molecular weight excluding hydrogens is 272 g/mol. The lowest BCUT2D eigenvalue weighted by Crippen LogP contribution is -2.46. The Hall–Kier alpha value is -2.05. The lowest BCUT2D eigenvalue weighted by Gasteiger charge is -2.34. The summed E-state index contributed by atoms with van der Waals surface area (Å²) in [5.74, 6) is -0.0485. The van der Waals surface area contributed by atoms with Gasteiger partial charge < -0.3 is 19.5 Å². The van der Waals surface area contributed by atoms with E-state index >= 15 is 0 Å². The Kier molecular flexibility index (Phi) is 5.59. The number of aryl methyl sites for hydroxylation is 1. The third-order valence-corrected chi connectivity index (χ3v) is 3.52. The van der Waals surface area contributed by atoms with Crippen molar-refractivity contribution in [3.05, 3.63) is 18.7 Å². The fraction of sp³-hybridized carbons (Fsp3) is 0.643. The largest absolute Gasteiger partial charge is 0.425 e. The number of carbonyl (C=O) groups is 2. The lowest BCUT2D eigenvalue weighted by molar-refractivity contribution is -0.141. The van der Waals surface area contributed by atoms with Crippen molar-refractivity contribution in [2.75, 3.05) is 13.1 Å². The highest BCUT2D eigenvalue weighted by molar-refractivity contribution is 5.74. The van der Waals surface area contributed by atoms with Crippen molar-refractivity contribution in [3.63, 3.8) is 0 Å². The summed E-state index contributed by atoms with van der Waals surface area (Å²) in [6.07, 6.45) is 7.91. The number of amides is 2. The monoisotopic (exact) mass is 294 g/mol. The van der Waals surface area contributed by atoms with Crippen molar-refractivity contribution < 1.29 is 14.3 Å². The highest BCUT2D eigenvalue weighted by atomic mass is 16.6. The first-order valence-electron chi connectivity index (χ1n) is 7.34. The molecule has 0 spiro atoms. The van der Waals surface area contributed by atoms with E-state index in [1.54, 1.807) is 17.4 Å². The summed E-state index contributed by atoms with van der Waals surface area (Å²) < 4.78 is 7.29. The van der Waals surface area contributed by atoms with Crippen molar-refractivity contribution in [1.29, 1.82) is 0 Å². The average molecular weight is 294 g/mol. The van der Waals surface area contributed by atoms with Gasteiger partial charge in [-0.3, -0.25) is 4.79 Å². The summed E-state index contributed by atoms with van der Waals surface area (Å²) in [7, 11) is 0. The maximum atomic E-state index is 11.8. The maximum absolute atomic E-state index is 11.8. The van der Waals surface area contributed by atoms with Crippen LogP contribution < -0.4 is 5.32 Å². The number of likely N-dealkylation sites (tertiary alicyclic amines) is 1. The van der Waals surface area contributed by atoms with E-state index in [4.69, 9.17) is 4.74 Å². The van der Waals surface area contributed by atoms with Crippen LogP contribution in [0.4, 0.5) is 4.79 Å². The summed E-state index contributed by atoms with van der Waals surface area (Å²) in [5, 5.41) is 2.72. The van der Waals surface area contributed by atoms with Crippen LogP contribution in [0, 0.1) is 0 Å². The van der Waals surface area contributed by atoms with Gasteiger partial charge in [0.25, 0.3) is 0 Å². The third-order valence-electron chi connectivity index (χ3n) is 3.52. The van der Waals surface area contributed by atoms with Gasteiger partial charge in [-0.1, -0.05) is 0 Å². The first-order valence-corrected chi connectivity index (χ1v) is 7.34. The predicted molar refractivity (Wildman–Crippen MR) is 76.4 cm³/mol. The van der Waals surface area contributed by atoms with Crippen LogP contribution in [0.3, 0.4) is 0 Å². The van der Waals surface area contributed by atoms with Crippen molar-refractivity contribution in [2.45, 2.75) is 45.4 Å². The minimum atomic E-state index is -0.459. The Bertz CT molecular complexity index is 461. The fourth-order valence-electron chi connectivity index (χ4n) is 2.42. The van der Waals surface area contributed by atoms with Gasteiger partial charge >= 0.3 is 6.09 Å². The van der Waals surface area contributed by atoms with Gasteiger partial charge in [-0.05, 0) is 19.3 Å². The topological polar surface area (TPSA) is 76.5 Å². The molecule has 0 aliphatic carbocycles. The van der Waals surface area contributed by atoms with E-state index in [-0.39, 0.29) is 5.91 Å². The molecule has 116 valence electrons. The number of piperidine rings is 1. The molecule has 0 bridgehead atoms. The standard InChI is InChI=1S/C14H22N4O3/c1-12(19)18-9-3-2-5-13(18)21-14(20)16-6-4-8-17-10-7-15-11-17/h7,10-11,13H,2-6,8-9H2,1H3,(H,16,20). The summed E-state index contributed by atoms with van der Waals surface area (Å²) in [5.41, 5.74) is 0. The van der Waals surface area contributed by atoms with Gasteiger partial charge in [-0.25, -0.2) is 9.78 Å². The van der Waals surface area contributed by atoms with Crippen LogP contribution in [0.5, 0.6) is 0 Å². The van der Waals surface area contributed by atoms with Crippen LogP contribution in [0.2, 0.25) is 0 Å². The molecule has 0 radical (unpaired) electrons. The normalized spacial score (nSPS) is 18.3. The minimum absolute atomic E-state index is 0.0485. The molecule has 0 saturated carbocycles. The molecule has 1 unspecified atom stereocenters. The SMILES string of the molecule is CC(=O)N1CCCCC1OC(=O)NCCCn1ccnc1. The van der Waals surface area contributed by atoms with E-state index in [0.717, 1.165) is 25.8 Å². The van der Waals surface area contributed by atoms with Crippen LogP contribution in [0.1, 0.15) is 32.6 Å². The molecule has 2 amide bonds. The number of nitrogens with one attached hydrogen (secondary N) is 1. The highest BCUT2D eigenvalue weighted by Gasteiger charge is 2.27. The molecule has 0 aromatic carbocycles. The van der Waals surface area contributed by atoms with E-state index in [1.807, 2.05) is 10.8 Å². The Morgan fingerprint density at radius 2 is 2.29 bits per heavy atom. The number of carbonyl (C=O) groups excluding carboxylic acids is 2. The molecule has 1 aliphatic rings. The molecule has 1 saturated heterocycles. The third kappa shape index (κ3) is 4.77. The first-order chi connectivity index (χ1) is 10.2. The number of hydrogen-bond donors (Lipinski definition) is 1. The first kappa shape index (κ1) is 15.3. The zero-order valence-corrected chi connectivity index (χ0v) is 12.3. The molecule has 1 aromatic heterocycles. The number of imidazole rings is 1. The zero-order chi connectivity index (χ0) is 15.1. The van der Waals surface area contributed by atoms with Gasteiger partial charge in [0.15, 0.2) is 6.23 Å². The van der Waals surface area contributed by atoms with Crippen LogP contribution >= 0.6 is 0 Å². The number of aromatic nitrogens is 2. The molecule has 21 heavy (non-hydrogen) atoms. The second-order valence-electron chi connectivity index (χ2n) is 5.15. The minimum Gasteiger partial charge on any atom is -0.425 e. The fourth-order valence-corrected chi connectivity index (χ4v) is 2.42. The molecule has 2 heterocycles. The van der Waals surface area contributed by atoms with Crippen molar-refractivity contribution >= 4 is 12.0 Å². The second-order valence-corrected chi connectivity index (χ2v) is 5.15. The molecule has 1 atom stereocenters. The Labute approximate surface area is 124 Å². The molecule has 7 nitrogen and oxygen atoms in total. The van der Waals surface area contributed by atoms with Crippen molar-refractivity contribution in [1.82, 2.24) is 19.8 Å². The predicted octanol–water partition coefficient (Wildman–Crippen LogP) is 1.36. The van der Waals surface area contributed by atoms with Gasteiger partial charge in [-0.15, -0.1) is 0 Å². The average Bonchev–Trinajstić information content (AvgIpc) is 2.97. The van der Waals surface area contributed by atoms with E-state index in [2.05, 4.69) is 10.3 Å².